The first-order chi connectivity index (χ1) is 14.5. The van der Waals surface area contributed by atoms with E-state index in [0.29, 0.717) is 54.6 Å². The number of para-hydroxylation sites is 3. The maximum atomic E-state index is 12.9. The summed E-state index contributed by atoms with van der Waals surface area (Å²) < 4.78 is 5.05. The van der Waals surface area contributed by atoms with Crippen LogP contribution >= 0.6 is 0 Å². The zero-order chi connectivity index (χ0) is 21.1. The average molecular weight is 407 g/mol. The van der Waals surface area contributed by atoms with Crippen LogP contribution in [0.15, 0.2) is 53.1 Å². The second kappa shape index (κ2) is 8.32. The molecule has 1 aliphatic rings. The topological polar surface area (TPSA) is 114 Å². The van der Waals surface area contributed by atoms with Gasteiger partial charge in [0, 0.05) is 37.6 Å². The predicted molar refractivity (Wildman–Crippen MR) is 111 cm³/mol. The first-order valence-corrected chi connectivity index (χ1v) is 9.72. The van der Waals surface area contributed by atoms with E-state index >= 15 is 0 Å². The minimum atomic E-state index is -0.370. The third-order valence-corrected chi connectivity index (χ3v) is 5.24. The van der Waals surface area contributed by atoms with Crippen molar-refractivity contribution in [3.05, 3.63) is 64.5 Å². The lowest BCUT2D eigenvalue weighted by Gasteiger charge is -2.32. The molecule has 0 atom stereocenters. The van der Waals surface area contributed by atoms with Gasteiger partial charge in [-0.15, -0.1) is 0 Å². The van der Waals surface area contributed by atoms with Gasteiger partial charge in [-0.05, 0) is 31.0 Å². The van der Waals surface area contributed by atoms with Crippen LogP contribution in [0.1, 0.15) is 18.7 Å². The lowest BCUT2D eigenvalue weighted by Crippen LogP contribution is -2.38. The van der Waals surface area contributed by atoms with E-state index in [0.717, 1.165) is 0 Å². The van der Waals surface area contributed by atoms with Crippen molar-refractivity contribution in [3.63, 3.8) is 0 Å². The molecule has 0 spiro atoms. The molecule has 0 saturated carbocycles. The van der Waals surface area contributed by atoms with Gasteiger partial charge in [0.15, 0.2) is 0 Å². The summed E-state index contributed by atoms with van der Waals surface area (Å²) in [6.07, 6.45) is 1.22. The molecule has 0 radical (unpaired) electrons. The van der Waals surface area contributed by atoms with Crippen molar-refractivity contribution < 1.29 is 14.2 Å². The van der Waals surface area contributed by atoms with Crippen LogP contribution in [0, 0.1) is 23.0 Å². The minimum absolute atomic E-state index is 0.0788. The molecule has 1 saturated heterocycles. The molecule has 0 unspecified atom stereocenters. The van der Waals surface area contributed by atoms with Crippen LogP contribution in [0.25, 0.3) is 11.4 Å². The van der Waals surface area contributed by atoms with Gasteiger partial charge in [-0.25, -0.2) is 0 Å². The number of nitrogens with zero attached hydrogens (tertiary/aromatic N) is 4. The molecule has 1 amide bonds. The number of carbonyl (C=O) groups is 1. The summed E-state index contributed by atoms with van der Waals surface area (Å²) in [7, 11) is 0. The Balaban J connectivity index is 1.43. The third kappa shape index (κ3) is 4.00. The molecule has 3 aromatic rings. The Labute approximate surface area is 172 Å². The second-order valence-corrected chi connectivity index (χ2v) is 7.18. The fourth-order valence-corrected chi connectivity index (χ4v) is 3.70. The number of carbonyl (C=O) groups excluding carboxylic acids is 1. The Hall–Kier alpha value is -3.75. The van der Waals surface area contributed by atoms with Crippen molar-refractivity contribution in [2.45, 2.75) is 19.8 Å². The number of piperidine rings is 1. The number of anilines is 2. The predicted octanol–water partition coefficient (Wildman–Crippen LogP) is 3.81. The number of hydrogen-bond donors (Lipinski definition) is 1. The summed E-state index contributed by atoms with van der Waals surface area (Å²) >= 11 is 0. The van der Waals surface area contributed by atoms with Crippen LogP contribution in [0.4, 0.5) is 17.1 Å². The molecule has 9 nitrogen and oxygen atoms in total. The second-order valence-electron chi connectivity index (χ2n) is 7.18. The molecule has 1 fully saturated rings. The van der Waals surface area contributed by atoms with Crippen LogP contribution < -0.4 is 10.2 Å². The number of nitro groups is 1. The Morgan fingerprint density at radius 1 is 1.17 bits per heavy atom. The summed E-state index contributed by atoms with van der Waals surface area (Å²) in [5.41, 5.74) is 2.01. The minimum Gasteiger partial charge on any atom is -0.366 e. The van der Waals surface area contributed by atoms with Crippen molar-refractivity contribution in [2.75, 3.05) is 23.3 Å². The van der Waals surface area contributed by atoms with Gasteiger partial charge in [-0.2, -0.15) is 4.98 Å². The van der Waals surface area contributed by atoms with E-state index < -0.39 is 0 Å². The van der Waals surface area contributed by atoms with E-state index in [2.05, 4.69) is 15.5 Å². The molecule has 1 aromatic heterocycles. The van der Waals surface area contributed by atoms with Gasteiger partial charge >= 0.3 is 0 Å². The van der Waals surface area contributed by atoms with E-state index in [4.69, 9.17) is 4.52 Å². The average Bonchev–Trinajstić information content (AvgIpc) is 3.20. The third-order valence-electron chi connectivity index (χ3n) is 5.24. The van der Waals surface area contributed by atoms with Gasteiger partial charge in [0.1, 0.15) is 5.69 Å². The van der Waals surface area contributed by atoms with E-state index in [1.807, 2.05) is 23.1 Å². The monoisotopic (exact) mass is 407 g/mol. The quantitative estimate of drug-likeness (QED) is 0.505. The zero-order valence-corrected chi connectivity index (χ0v) is 16.4. The Kier molecular flexibility index (Phi) is 5.42. The van der Waals surface area contributed by atoms with Crippen molar-refractivity contribution in [2.24, 2.45) is 5.92 Å². The molecule has 4 rings (SSSR count). The Morgan fingerprint density at radius 3 is 2.57 bits per heavy atom. The number of nitrogens with one attached hydrogen (secondary N) is 1. The number of nitro benzene ring substituents is 1. The van der Waals surface area contributed by atoms with Gasteiger partial charge in [0.25, 0.3) is 5.69 Å². The summed E-state index contributed by atoms with van der Waals surface area (Å²) in [6.45, 7) is 2.87. The highest BCUT2D eigenvalue weighted by molar-refractivity contribution is 5.96. The molecule has 0 bridgehead atoms. The van der Waals surface area contributed by atoms with Gasteiger partial charge in [-0.1, -0.05) is 29.4 Å². The van der Waals surface area contributed by atoms with Crippen LogP contribution in [0.3, 0.4) is 0 Å². The fourth-order valence-electron chi connectivity index (χ4n) is 3.70. The Bertz CT molecular complexity index is 1070. The summed E-state index contributed by atoms with van der Waals surface area (Å²) in [4.78, 5) is 30.0. The molecule has 0 aliphatic carbocycles. The van der Waals surface area contributed by atoms with E-state index in [1.54, 1.807) is 31.2 Å². The van der Waals surface area contributed by atoms with Crippen molar-refractivity contribution in [1.29, 1.82) is 0 Å². The number of amides is 1. The molecule has 2 aromatic carbocycles. The maximum absolute atomic E-state index is 12.9. The molecule has 30 heavy (non-hydrogen) atoms. The van der Waals surface area contributed by atoms with E-state index in [-0.39, 0.29) is 22.4 Å². The van der Waals surface area contributed by atoms with Gasteiger partial charge in [0.05, 0.1) is 10.6 Å². The molecule has 154 valence electrons. The van der Waals surface area contributed by atoms with Gasteiger partial charge in [-0.3, -0.25) is 14.9 Å². The highest BCUT2D eigenvalue weighted by Gasteiger charge is 2.28. The number of aryl methyl sites for hydroxylation is 1. The van der Waals surface area contributed by atoms with Gasteiger partial charge < -0.3 is 14.7 Å². The first kappa shape index (κ1) is 19.6. The Morgan fingerprint density at radius 2 is 1.87 bits per heavy atom. The summed E-state index contributed by atoms with van der Waals surface area (Å²) in [5.74, 6) is 0.622. The molecule has 1 aliphatic heterocycles. The molecular formula is C21H21N5O4. The van der Waals surface area contributed by atoms with Crippen LogP contribution in [-0.4, -0.2) is 34.1 Å². The van der Waals surface area contributed by atoms with Crippen molar-refractivity contribution in [1.82, 2.24) is 10.1 Å². The lowest BCUT2D eigenvalue weighted by atomic mass is 9.95. The van der Waals surface area contributed by atoms with Crippen molar-refractivity contribution >= 4 is 23.0 Å². The van der Waals surface area contributed by atoms with Crippen molar-refractivity contribution in [3.8, 4) is 11.4 Å². The van der Waals surface area contributed by atoms with E-state index in [9.17, 15) is 14.9 Å². The largest absolute Gasteiger partial charge is 0.366 e. The maximum Gasteiger partial charge on any atom is 0.292 e. The zero-order valence-electron chi connectivity index (χ0n) is 16.4. The number of hydrogen-bond acceptors (Lipinski definition) is 7. The molecular weight excluding hydrogens is 386 g/mol. The van der Waals surface area contributed by atoms with E-state index in [1.165, 1.54) is 6.07 Å². The number of rotatable bonds is 5. The lowest BCUT2D eigenvalue weighted by molar-refractivity contribution is -0.384. The van der Waals surface area contributed by atoms with Crippen LogP contribution in [0.5, 0.6) is 0 Å². The SMILES string of the molecule is Cc1nc(-c2ccccc2NC(=O)C2CCN(c3ccccc3[N+](=O)[O-])CC2)no1. The van der Waals surface area contributed by atoms with Crippen LogP contribution in [-0.2, 0) is 4.79 Å². The fraction of sp³-hybridized carbons (Fsp3) is 0.286. The highest BCUT2D eigenvalue weighted by Crippen LogP contribution is 2.32. The van der Waals surface area contributed by atoms with Crippen LogP contribution in [0.2, 0.25) is 0 Å². The summed E-state index contributed by atoms with van der Waals surface area (Å²) in [6, 6.07) is 14.0. The number of benzene rings is 2. The highest BCUT2D eigenvalue weighted by atomic mass is 16.6. The standard InChI is InChI=1S/C21H21N5O4/c1-14-22-20(24-30-14)16-6-2-3-7-17(16)23-21(27)15-10-12-25(13-11-15)18-8-4-5-9-19(18)26(28)29/h2-9,15H,10-13H2,1H3,(H,23,27). The molecule has 1 N–H and O–H groups in total. The molecule has 9 heteroatoms. The number of aromatic nitrogens is 2. The van der Waals surface area contributed by atoms with Gasteiger partial charge in [0.2, 0.25) is 17.6 Å². The first-order valence-electron chi connectivity index (χ1n) is 9.72. The summed E-state index contributed by atoms with van der Waals surface area (Å²) in [5, 5.41) is 18.2. The normalized spacial score (nSPS) is 14.5. The smallest absolute Gasteiger partial charge is 0.292 e. The molecule has 2 heterocycles.